The fourth-order valence-corrected chi connectivity index (χ4v) is 3.12. The van der Waals surface area contributed by atoms with Gasteiger partial charge in [-0.25, -0.2) is 9.79 Å². The van der Waals surface area contributed by atoms with E-state index in [-0.39, 0.29) is 17.3 Å². The molecule has 3 aromatic rings. The molecule has 1 aliphatic heterocycles. The topological polar surface area (TPSA) is 91.0 Å². The molecular weight excluding hydrogens is 396 g/mol. The van der Waals surface area contributed by atoms with Gasteiger partial charge in [0.05, 0.1) is 4.92 Å². The van der Waals surface area contributed by atoms with Gasteiger partial charge in [-0.2, -0.15) is 0 Å². The van der Waals surface area contributed by atoms with E-state index in [0.717, 1.165) is 11.1 Å². The van der Waals surface area contributed by atoms with Crippen molar-refractivity contribution < 1.29 is 19.2 Å². The van der Waals surface area contributed by atoms with Crippen LogP contribution in [0.25, 0.3) is 6.08 Å². The molecule has 0 bridgehead atoms. The zero-order valence-electron chi connectivity index (χ0n) is 16.6. The number of esters is 1. The second kappa shape index (κ2) is 8.62. The lowest BCUT2D eigenvalue weighted by atomic mass is 10.1. The highest BCUT2D eigenvalue weighted by molar-refractivity contribution is 6.13. The molecule has 0 saturated heterocycles. The van der Waals surface area contributed by atoms with Crippen LogP contribution in [0.1, 0.15) is 22.3 Å². The van der Waals surface area contributed by atoms with Crippen molar-refractivity contribution in [3.05, 3.63) is 111 Å². The molecule has 154 valence electrons. The smallest absolute Gasteiger partial charge is 0.363 e. The maximum atomic E-state index is 12.3. The van der Waals surface area contributed by atoms with Crippen LogP contribution < -0.4 is 4.74 Å². The van der Waals surface area contributed by atoms with E-state index in [4.69, 9.17) is 9.47 Å². The second-order valence-corrected chi connectivity index (χ2v) is 6.94. The first-order chi connectivity index (χ1) is 15.0. The minimum Gasteiger partial charge on any atom is -0.489 e. The molecule has 3 aromatic carbocycles. The first kappa shape index (κ1) is 20.0. The van der Waals surface area contributed by atoms with Crippen molar-refractivity contribution in [3.63, 3.8) is 0 Å². The number of nitrogens with zero attached hydrogens (tertiary/aromatic N) is 2. The Morgan fingerprint density at radius 1 is 1.06 bits per heavy atom. The van der Waals surface area contributed by atoms with E-state index in [0.29, 0.717) is 23.5 Å². The van der Waals surface area contributed by atoms with E-state index in [2.05, 4.69) is 4.99 Å². The van der Waals surface area contributed by atoms with Crippen molar-refractivity contribution in [2.45, 2.75) is 13.5 Å². The van der Waals surface area contributed by atoms with E-state index in [1.165, 1.54) is 12.1 Å². The van der Waals surface area contributed by atoms with E-state index in [1.54, 1.807) is 19.1 Å². The number of nitro benzene ring substituents is 1. The molecule has 0 unspecified atom stereocenters. The molecule has 0 aromatic heterocycles. The summed E-state index contributed by atoms with van der Waals surface area (Å²) in [5, 5.41) is 11.0. The van der Waals surface area contributed by atoms with Crippen molar-refractivity contribution >= 4 is 23.6 Å². The molecule has 0 aliphatic carbocycles. The summed E-state index contributed by atoms with van der Waals surface area (Å²) in [5.41, 5.74) is 2.89. The van der Waals surface area contributed by atoms with Gasteiger partial charge in [0.15, 0.2) is 5.70 Å². The normalized spacial score (nSPS) is 14.3. The summed E-state index contributed by atoms with van der Waals surface area (Å²) in [6, 6.07) is 21.6. The monoisotopic (exact) mass is 414 g/mol. The Kier molecular flexibility index (Phi) is 5.57. The summed E-state index contributed by atoms with van der Waals surface area (Å²) in [7, 11) is 0. The van der Waals surface area contributed by atoms with Crippen LogP contribution >= 0.6 is 0 Å². The Morgan fingerprint density at radius 2 is 1.87 bits per heavy atom. The summed E-state index contributed by atoms with van der Waals surface area (Å²) in [4.78, 5) is 27.1. The van der Waals surface area contributed by atoms with E-state index in [1.807, 2.05) is 54.6 Å². The van der Waals surface area contributed by atoms with Gasteiger partial charge in [-0.3, -0.25) is 10.1 Å². The molecule has 0 spiro atoms. The Morgan fingerprint density at radius 3 is 2.61 bits per heavy atom. The molecule has 0 amide bonds. The average Bonchev–Trinajstić information content (AvgIpc) is 3.13. The van der Waals surface area contributed by atoms with Crippen LogP contribution in [0.2, 0.25) is 0 Å². The fraction of sp³-hybridized carbons (Fsp3) is 0.0833. The van der Waals surface area contributed by atoms with Crippen molar-refractivity contribution in [1.29, 1.82) is 0 Å². The number of cyclic esters (lactones) is 1. The fourth-order valence-electron chi connectivity index (χ4n) is 3.12. The van der Waals surface area contributed by atoms with Crippen LogP contribution in [0.3, 0.4) is 0 Å². The van der Waals surface area contributed by atoms with Crippen molar-refractivity contribution in [3.8, 4) is 5.75 Å². The van der Waals surface area contributed by atoms with Gasteiger partial charge in [0.25, 0.3) is 5.69 Å². The highest BCUT2D eigenvalue weighted by Crippen LogP contribution is 2.24. The summed E-state index contributed by atoms with van der Waals surface area (Å²) in [6.07, 6.45) is 1.61. The van der Waals surface area contributed by atoms with Gasteiger partial charge in [0.2, 0.25) is 5.90 Å². The number of hydrogen-bond donors (Lipinski definition) is 0. The van der Waals surface area contributed by atoms with E-state index < -0.39 is 10.9 Å². The maximum Gasteiger partial charge on any atom is 0.363 e. The van der Waals surface area contributed by atoms with Crippen LogP contribution in [-0.4, -0.2) is 16.8 Å². The van der Waals surface area contributed by atoms with Crippen LogP contribution in [0.4, 0.5) is 5.69 Å². The third-order valence-corrected chi connectivity index (χ3v) is 4.67. The summed E-state index contributed by atoms with van der Waals surface area (Å²) in [5.74, 6) is 0.201. The molecule has 1 heterocycles. The first-order valence-electron chi connectivity index (χ1n) is 9.54. The summed E-state index contributed by atoms with van der Waals surface area (Å²) < 4.78 is 11.1. The van der Waals surface area contributed by atoms with Crippen molar-refractivity contribution in [2.75, 3.05) is 0 Å². The van der Waals surface area contributed by atoms with Gasteiger partial charge in [-0.1, -0.05) is 42.5 Å². The molecule has 0 N–H and O–H groups in total. The second-order valence-electron chi connectivity index (χ2n) is 6.94. The zero-order valence-corrected chi connectivity index (χ0v) is 16.6. The Bertz CT molecular complexity index is 1220. The number of nitro groups is 1. The molecule has 1 aliphatic rings. The summed E-state index contributed by atoms with van der Waals surface area (Å²) in [6.45, 7) is 2.06. The quantitative estimate of drug-likeness (QED) is 0.249. The predicted octanol–water partition coefficient (Wildman–Crippen LogP) is 4.83. The first-order valence-corrected chi connectivity index (χ1v) is 9.54. The minimum atomic E-state index is -0.582. The van der Waals surface area contributed by atoms with Gasteiger partial charge in [0, 0.05) is 17.2 Å². The van der Waals surface area contributed by atoms with Crippen LogP contribution in [-0.2, 0) is 16.1 Å². The average molecular weight is 414 g/mol. The molecule has 0 radical (unpaired) electrons. The number of rotatable bonds is 6. The van der Waals surface area contributed by atoms with Gasteiger partial charge >= 0.3 is 5.97 Å². The third-order valence-electron chi connectivity index (χ3n) is 4.67. The van der Waals surface area contributed by atoms with Gasteiger partial charge < -0.3 is 9.47 Å². The molecule has 0 fully saturated rings. The van der Waals surface area contributed by atoms with Crippen LogP contribution in [0.5, 0.6) is 5.75 Å². The number of aryl methyl sites for hydroxylation is 1. The molecule has 7 nitrogen and oxygen atoms in total. The zero-order chi connectivity index (χ0) is 21.8. The number of aliphatic imine (C=N–C) groups is 1. The molecule has 0 saturated carbocycles. The van der Waals surface area contributed by atoms with Gasteiger partial charge in [-0.05, 0) is 48.4 Å². The number of hydrogen-bond acceptors (Lipinski definition) is 6. The lowest BCUT2D eigenvalue weighted by molar-refractivity contribution is -0.385. The van der Waals surface area contributed by atoms with Crippen LogP contribution in [0.15, 0.2) is 83.5 Å². The number of carbonyl (C=O) groups excluding carboxylic acids is 1. The Balaban J connectivity index is 1.53. The van der Waals surface area contributed by atoms with Gasteiger partial charge in [-0.15, -0.1) is 0 Å². The third kappa shape index (κ3) is 4.67. The highest BCUT2D eigenvalue weighted by atomic mass is 16.6. The minimum absolute atomic E-state index is 0.00300. The Labute approximate surface area is 178 Å². The highest BCUT2D eigenvalue weighted by Gasteiger charge is 2.25. The molecule has 31 heavy (non-hydrogen) atoms. The molecule has 4 rings (SSSR count). The predicted molar refractivity (Wildman–Crippen MR) is 116 cm³/mol. The standard InChI is InChI=1S/C24H18N2O5/c1-16-12-19(10-11-22(16)26(28)29)23-25-21(24(27)31-23)14-18-8-5-9-20(13-18)30-15-17-6-3-2-4-7-17/h2-14H,15H2,1H3/b21-14-. The Hall–Kier alpha value is -4.26. The number of carbonyl (C=O) groups is 1. The number of ether oxygens (including phenoxy) is 2. The maximum absolute atomic E-state index is 12.3. The number of benzene rings is 3. The lowest BCUT2D eigenvalue weighted by Gasteiger charge is -2.07. The van der Waals surface area contributed by atoms with E-state index >= 15 is 0 Å². The summed E-state index contributed by atoms with van der Waals surface area (Å²) >= 11 is 0. The van der Waals surface area contributed by atoms with Crippen LogP contribution in [0, 0.1) is 17.0 Å². The SMILES string of the molecule is Cc1cc(C2=N/C(=C\c3cccc(OCc4ccccc4)c3)C(=O)O2)ccc1[N+](=O)[O-]. The lowest BCUT2D eigenvalue weighted by Crippen LogP contribution is -2.06. The molecule has 7 heteroatoms. The molecule has 0 atom stereocenters. The van der Waals surface area contributed by atoms with E-state index in [9.17, 15) is 14.9 Å². The molecular formula is C24H18N2O5. The van der Waals surface area contributed by atoms with Gasteiger partial charge in [0.1, 0.15) is 12.4 Å². The van der Waals surface area contributed by atoms with Crippen molar-refractivity contribution in [2.24, 2.45) is 4.99 Å². The van der Waals surface area contributed by atoms with Crippen molar-refractivity contribution in [1.82, 2.24) is 0 Å². The largest absolute Gasteiger partial charge is 0.489 e.